The molecule has 55 heavy (non-hydrogen) atoms. The quantitative estimate of drug-likeness (QED) is 0.108. The van der Waals surface area contributed by atoms with E-state index < -0.39 is 57.1 Å². The number of rotatable bonds is 9. The largest absolute Gasteiger partial charge is 0.497 e. The average Bonchev–Trinajstić information content (AvgIpc) is 3.42. The van der Waals surface area contributed by atoms with Crippen LogP contribution in [0.3, 0.4) is 0 Å². The zero-order valence-electron chi connectivity index (χ0n) is 30.3. The summed E-state index contributed by atoms with van der Waals surface area (Å²) in [5, 5.41) is -0.390. The Hall–Kier alpha value is -5.44. The molecule has 2 aliphatic heterocycles. The summed E-state index contributed by atoms with van der Waals surface area (Å²) in [7, 11) is 4.71. The van der Waals surface area contributed by atoms with Crippen LogP contribution in [0.2, 0.25) is 5.02 Å². The molecule has 0 radical (unpaired) electrons. The highest BCUT2D eigenvalue weighted by molar-refractivity contribution is 6.34. The van der Waals surface area contributed by atoms with Gasteiger partial charge in [-0.1, -0.05) is 35.9 Å². The molecular formula is C39H36ClF5N6O4. The first kappa shape index (κ1) is 37.9. The fourth-order valence-electron chi connectivity index (χ4n) is 7.27. The molecule has 0 saturated carbocycles. The molecule has 1 amide bonds. The molecule has 16 heteroatoms. The van der Waals surface area contributed by atoms with Gasteiger partial charge in [0.25, 0.3) is 0 Å². The SMILES string of the molecule is COc1ccc(CN(Cc2ccc(OC)cc2)c2cc(C)c(C(F)(F)F)c(-c3c(Cl)cc4c(N5CCC6(CC5)CN(C)C(=O)O6)nc(F)nc4c3F)n2)cc1. The lowest BCUT2D eigenvalue weighted by atomic mass is 9.91. The normalized spacial score (nSPS) is 15.5. The zero-order chi connectivity index (χ0) is 39.2. The molecule has 2 saturated heterocycles. The van der Waals surface area contributed by atoms with E-state index in [1.165, 1.54) is 38.2 Å². The molecule has 288 valence electrons. The van der Waals surface area contributed by atoms with Gasteiger partial charge in [0.15, 0.2) is 5.82 Å². The Labute approximate surface area is 318 Å². The van der Waals surface area contributed by atoms with Crippen molar-refractivity contribution in [2.75, 3.05) is 50.7 Å². The maximum Gasteiger partial charge on any atom is 0.418 e. The van der Waals surface area contributed by atoms with Gasteiger partial charge in [-0.3, -0.25) is 0 Å². The van der Waals surface area contributed by atoms with Crippen LogP contribution in [0.1, 0.15) is 35.1 Å². The topological polar surface area (TPSA) is 93.2 Å². The number of aryl methyl sites for hydroxylation is 1. The first-order valence-corrected chi connectivity index (χ1v) is 17.7. The van der Waals surface area contributed by atoms with Crippen molar-refractivity contribution in [1.82, 2.24) is 19.9 Å². The first-order chi connectivity index (χ1) is 26.2. The van der Waals surface area contributed by atoms with Gasteiger partial charge in [-0.2, -0.15) is 27.5 Å². The van der Waals surface area contributed by atoms with E-state index >= 15 is 8.78 Å². The maximum absolute atomic E-state index is 16.9. The Balaban J connectivity index is 1.33. The van der Waals surface area contributed by atoms with Crippen LogP contribution in [0.4, 0.5) is 38.4 Å². The van der Waals surface area contributed by atoms with E-state index in [1.807, 2.05) is 24.3 Å². The number of amides is 1. The van der Waals surface area contributed by atoms with Crippen molar-refractivity contribution in [2.45, 2.75) is 44.6 Å². The number of piperidine rings is 1. The Morgan fingerprint density at radius 2 is 1.49 bits per heavy atom. The van der Waals surface area contributed by atoms with Gasteiger partial charge in [-0.25, -0.2) is 14.2 Å². The monoisotopic (exact) mass is 782 g/mol. The maximum atomic E-state index is 16.9. The number of methoxy groups -OCH3 is 2. The molecular weight excluding hydrogens is 747 g/mol. The van der Waals surface area contributed by atoms with Crippen molar-refractivity contribution >= 4 is 40.2 Å². The third-order valence-corrected chi connectivity index (χ3v) is 10.4. The number of fused-ring (bicyclic) bond motifs is 1. The number of aromatic nitrogens is 3. The van der Waals surface area contributed by atoms with Gasteiger partial charge >= 0.3 is 18.3 Å². The number of hydrogen-bond acceptors (Lipinski definition) is 9. The highest BCUT2D eigenvalue weighted by atomic mass is 35.5. The molecule has 4 heterocycles. The number of pyridine rings is 1. The van der Waals surface area contributed by atoms with E-state index in [0.717, 1.165) is 11.1 Å². The number of alkyl halides is 3. The summed E-state index contributed by atoms with van der Waals surface area (Å²) in [6.07, 6.45) is -5.92. The fourth-order valence-corrected chi connectivity index (χ4v) is 7.55. The van der Waals surface area contributed by atoms with Gasteiger partial charge in [0.05, 0.1) is 42.6 Å². The molecule has 1 spiro atoms. The van der Waals surface area contributed by atoms with Crippen LogP contribution in [0.25, 0.3) is 22.2 Å². The van der Waals surface area contributed by atoms with E-state index in [-0.39, 0.29) is 48.8 Å². The summed E-state index contributed by atoms with van der Waals surface area (Å²) in [5.41, 5.74) is -2.56. The number of anilines is 2. The van der Waals surface area contributed by atoms with Crippen LogP contribution >= 0.6 is 11.6 Å². The number of benzene rings is 3. The van der Waals surface area contributed by atoms with Crippen molar-refractivity contribution in [3.63, 3.8) is 0 Å². The number of halogens is 6. The number of ether oxygens (including phenoxy) is 3. The second-order valence-corrected chi connectivity index (χ2v) is 14.1. The molecule has 0 atom stereocenters. The fraction of sp³-hybridized carbons (Fsp3) is 0.333. The van der Waals surface area contributed by atoms with E-state index in [2.05, 4.69) is 15.0 Å². The highest BCUT2D eigenvalue weighted by Gasteiger charge is 2.46. The summed E-state index contributed by atoms with van der Waals surface area (Å²) in [4.78, 5) is 29.2. The van der Waals surface area contributed by atoms with E-state index in [9.17, 15) is 18.0 Å². The highest BCUT2D eigenvalue weighted by Crippen LogP contribution is 2.45. The van der Waals surface area contributed by atoms with Gasteiger partial charge in [0.2, 0.25) is 0 Å². The van der Waals surface area contributed by atoms with Crippen LogP contribution < -0.4 is 19.3 Å². The zero-order valence-corrected chi connectivity index (χ0v) is 31.1. The summed E-state index contributed by atoms with van der Waals surface area (Å²) in [5.74, 6) is 0.0883. The van der Waals surface area contributed by atoms with Crippen molar-refractivity contribution in [3.8, 4) is 22.8 Å². The molecule has 0 aliphatic carbocycles. The molecule has 5 aromatic rings. The number of carbonyl (C=O) groups is 1. The molecule has 7 rings (SSSR count). The van der Waals surface area contributed by atoms with Crippen LogP contribution in [0.15, 0.2) is 60.7 Å². The van der Waals surface area contributed by atoms with E-state index in [1.54, 1.807) is 41.1 Å². The van der Waals surface area contributed by atoms with Gasteiger partial charge in [-0.05, 0) is 60.0 Å². The Morgan fingerprint density at radius 3 is 2.00 bits per heavy atom. The first-order valence-electron chi connectivity index (χ1n) is 17.3. The average molecular weight is 783 g/mol. The smallest absolute Gasteiger partial charge is 0.418 e. The van der Waals surface area contributed by atoms with Crippen LogP contribution in [0.5, 0.6) is 11.5 Å². The third-order valence-electron chi connectivity index (χ3n) is 10.1. The van der Waals surface area contributed by atoms with Crippen molar-refractivity contribution in [1.29, 1.82) is 0 Å². The molecule has 2 aliphatic rings. The van der Waals surface area contributed by atoms with Gasteiger partial charge in [0.1, 0.15) is 34.3 Å². The lowest BCUT2D eigenvalue weighted by Gasteiger charge is -2.38. The number of carbonyl (C=O) groups excluding carboxylic acids is 1. The Morgan fingerprint density at radius 1 is 0.909 bits per heavy atom. The van der Waals surface area contributed by atoms with Crippen molar-refractivity contribution < 1.29 is 41.0 Å². The summed E-state index contributed by atoms with van der Waals surface area (Å²) in [6, 6.07) is 16.9. The minimum Gasteiger partial charge on any atom is -0.497 e. The summed E-state index contributed by atoms with van der Waals surface area (Å²) >= 11 is 6.73. The van der Waals surface area contributed by atoms with Crippen LogP contribution in [0, 0.1) is 18.8 Å². The van der Waals surface area contributed by atoms with Gasteiger partial charge < -0.3 is 28.9 Å². The molecule has 2 aromatic heterocycles. The number of nitrogens with zero attached hydrogens (tertiary/aromatic N) is 6. The summed E-state index contributed by atoms with van der Waals surface area (Å²) < 4.78 is 92.9. The second-order valence-electron chi connectivity index (χ2n) is 13.7. The summed E-state index contributed by atoms with van der Waals surface area (Å²) in [6.45, 7) is 2.60. The predicted molar refractivity (Wildman–Crippen MR) is 197 cm³/mol. The third kappa shape index (κ3) is 7.49. The molecule has 3 aromatic carbocycles. The molecule has 0 bridgehead atoms. The lowest BCUT2D eigenvalue weighted by molar-refractivity contribution is -0.137. The Kier molecular flexibility index (Phi) is 10.1. The van der Waals surface area contributed by atoms with Gasteiger partial charge in [0, 0.05) is 51.5 Å². The second kappa shape index (κ2) is 14.7. The standard InChI is InChI=1S/C39H36ClF5N6O4/c1-22-17-29(51(19-23-5-9-25(53-3)10-6-23)20-24-7-11-26(54-4)12-8-24)46-34(31(22)39(43,44)45)30-28(40)18-27-33(32(30)41)47-36(42)48-35(27)50-15-13-38(14-16-50)21-49(2)37(52)55-38/h5-12,17-18H,13-16,19-21H2,1-4H3. The molecule has 0 N–H and O–H groups in total. The number of hydrogen-bond donors (Lipinski definition) is 0. The minimum atomic E-state index is -4.98. The van der Waals surface area contributed by atoms with E-state index in [0.29, 0.717) is 30.9 Å². The minimum absolute atomic E-state index is 0.00575. The van der Waals surface area contributed by atoms with Crippen molar-refractivity contribution in [3.05, 3.63) is 99.8 Å². The van der Waals surface area contributed by atoms with Crippen molar-refractivity contribution in [2.24, 2.45) is 0 Å². The van der Waals surface area contributed by atoms with Crippen LogP contribution in [-0.4, -0.2) is 72.4 Å². The van der Waals surface area contributed by atoms with Gasteiger partial charge in [-0.15, -0.1) is 0 Å². The van der Waals surface area contributed by atoms with Crippen LogP contribution in [-0.2, 0) is 24.0 Å². The number of likely N-dealkylation sites (N-methyl/N-ethyl adjacent to an activating group) is 1. The molecule has 2 fully saturated rings. The van der Waals surface area contributed by atoms with E-state index in [4.69, 9.17) is 25.8 Å². The predicted octanol–water partition coefficient (Wildman–Crippen LogP) is 8.60. The Bertz CT molecular complexity index is 2200. The molecule has 0 unspecified atom stereocenters. The lowest BCUT2D eigenvalue weighted by Crippen LogP contribution is -2.47. The molecule has 10 nitrogen and oxygen atoms in total.